The molecule has 2 nitrogen and oxygen atoms in total. The lowest BCUT2D eigenvalue weighted by molar-refractivity contribution is 0.469. The van der Waals surface area contributed by atoms with E-state index in [9.17, 15) is 0 Å². The standard InChI is InChI=1S/C17H19BrClNO/c1-12(2)10-20-11-15-16(19)4-3-5-17(15)21-14-8-6-13(18)7-9-14/h3-9,12,20H,10-11H2,1-2H3. The van der Waals surface area contributed by atoms with Crippen molar-refractivity contribution in [3.63, 3.8) is 0 Å². The second kappa shape index (κ2) is 7.83. The Morgan fingerprint density at radius 3 is 2.52 bits per heavy atom. The van der Waals surface area contributed by atoms with Crippen LogP contribution >= 0.6 is 27.5 Å². The number of rotatable bonds is 6. The molecule has 2 aromatic rings. The number of halogens is 2. The first-order valence-corrected chi connectivity index (χ1v) is 8.15. The molecule has 112 valence electrons. The number of nitrogens with one attached hydrogen (secondary N) is 1. The van der Waals surface area contributed by atoms with Crippen LogP contribution < -0.4 is 10.1 Å². The summed E-state index contributed by atoms with van der Waals surface area (Å²) >= 11 is 9.73. The van der Waals surface area contributed by atoms with E-state index in [1.54, 1.807) is 0 Å². The minimum atomic E-state index is 0.600. The molecule has 0 atom stereocenters. The quantitative estimate of drug-likeness (QED) is 0.712. The average Bonchev–Trinajstić information content (AvgIpc) is 2.44. The fourth-order valence-electron chi connectivity index (χ4n) is 1.92. The van der Waals surface area contributed by atoms with E-state index in [1.165, 1.54) is 0 Å². The van der Waals surface area contributed by atoms with Gasteiger partial charge in [-0.25, -0.2) is 0 Å². The minimum absolute atomic E-state index is 0.600. The third-order valence-corrected chi connectivity index (χ3v) is 3.85. The SMILES string of the molecule is CC(C)CNCc1c(Cl)cccc1Oc1ccc(Br)cc1. The number of hydrogen-bond acceptors (Lipinski definition) is 2. The van der Waals surface area contributed by atoms with Crippen molar-refractivity contribution in [2.45, 2.75) is 20.4 Å². The van der Waals surface area contributed by atoms with Crippen LogP contribution in [0.1, 0.15) is 19.4 Å². The Balaban J connectivity index is 2.14. The van der Waals surface area contributed by atoms with E-state index in [4.69, 9.17) is 16.3 Å². The van der Waals surface area contributed by atoms with Crippen LogP contribution in [0.2, 0.25) is 5.02 Å². The van der Waals surface area contributed by atoms with E-state index >= 15 is 0 Å². The van der Waals surface area contributed by atoms with Gasteiger partial charge in [0.2, 0.25) is 0 Å². The molecule has 0 unspecified atom stereocenters. The molecule has 4 heteroatoms. The lowest BCUT2D eigenvalue weighted by Gasteiger charge is -2.14. The van der Waals surface area contributed by atoms with Gasteiger partial charge in [0.05, 0.1) is 0 Å². The molecule has 0 bridgehead atoms. The molecule has 0 aromatic heterocycles. The molecule has 0 aliphatic rings. The van der Waals surface area contributed by atoms with E-state index in [1.807, 2.05) is 42.5 Å². The number of ether oxygens (including phenoxy) is 1. The van der Waals surface area contributed by atoms with E-state index in [2.05, 4.69) is 35.1 Å². The first-order valence-electron chi connectivity index (χ1n) is 6.98. The van der Waals surface area contributed by atoms with Crippen LogP contribution in [-0.2, 0) is 6.54 Å². The molecule has 0 amide bonds. The van der Waals surface area contributed by atoms with Crippen LogP contribution in [-0.4, -0.2) is 6.54 Å². The smallest absolute Gasteiger partial charge is 0.133 e. The van der Waals surface area contributed by atoms with Crippen LogP contribution in [0.4, 0.5) is 0 Å². The van der Waals surface area contributed by atoms with Crippen molar-refractivity contribution in [3.8, 4) is 11.5 Å². The van der Waals surface area contributed by atoms with Crippen molar-refractivity contribution >= 4 is 27.5 Å². The fourth-order valence-corrected chi connectivity index (χ4v) is 2.42. The molecule has 0 fully saturated rings. The molecule has 1 N–H and O–H groups in total. The van der Waals surface area contributed by atoms with Gasteiger partial charge in [0.1, 0.15) is 11.5 Å². The topological polar surface area (TPSA) is 21.3 Å². The molecule has 21 heavy (non-hydrogen) atoms. The second-order valence-electron chi connectivity index (χ2n) is 5.30. The maximum absolute atomic E-state index is 6.31. The van der Waals surface area contributed by atoms with Gasteiger partial charge in [0, 0.05) is 21.6 Å². The lowest BCUT2D eigenvalue weighted by atomic mass is 10.1. The van der Waals surface area contributed by atoms with Gasteiger partial charge < -0.3 is 10.1 Å². The molecule has 0 aliphatic heterocycles. The third-order valence-electron chi connectivity index (χ3n) is 2.97. The summed E-state index contributed by atoms with van der Waals surface area (Å²) in [6.45, 7) is 6.00. The lowest BCUT2D eigenvalue weighted by Crippen LogP contribution is -2.19. The zero-order valence-electron chi connectivity index (χ0n) is 12.2. The Hall–Kier alpha value is -1.03. The first-order chi connectivity index (χ1) is 10.1. The summed E-state index contributed by atoms with van der Waals surface area (Å²) in [5.74, 6) is 2.19. The van der Waals surface area contributed by atoms with Crippen LogP contribution in [0, 0.1) is 5.92 Å². The highest BCUT2D eigenvalue weighted by Gasteiger charge is 2.09. The summed E-state index contributed by atoms with van der Waals surface area (Å²) in [6.07, 6.45) is 0. The highest BCUT2D eigenvalue weighted by molar-refractivity contribution is 9.10. The Kier molecular flexibility index (Phi) is 6.09. The summed E-state index contributed by atoms with van der Waals surface area (Å²) < 4.78 is 6.99. The Morgan fingerprint density at radius 2 is 1.86 bits per heavy atom. The highest BCUT2D eigenvalue weighted by atomic mass is 79.9. The molecule has 0 aliphatic carbocycles. The monoisotopic (exact) mass is 367 g/mol. The molecular formula is C17H19BrClNO. The van der Waals surface area contributed by atoms with Crippen molar-refractivity contribution in [1.29, 1.82) is 0 Å². The Bertz CT molecular complexity index is 584. The molecule has 0 radical (unpaired) electrons. The van der Waals surface area contributed by atoms with Gasteiger partial charge in [0.25, 0.3) is 0 Å². The molecular weight excluding hydrogens is 350 g/mol. The molecule has 0 heterocycles. The van der Waals surface area contributed by atoms with E-state index in [0.717, 1.165) is 33.1 Å². The van der Waals surface area contributed by atoms with Crippen molar-refractivity contribution in [2.24, 2.45) is 5.92 Å². The van der Waals surface area contributed by atoms with Crippen molar-refractivity contribution in [2.75, 3.05) is 6.54 Å². The minimum Gasteiger partial charge on any atom is -0.457 e. The van der Waals surface area contributed by atoms with Crippen LogP contribution in [0.3, 0.4) is 0 Å². The van der Waals surface area contributed by atoms with Gasteiger partial charge in [-0.05, 0) is 48.9 Å². The second-order valence-corrected chi connectivity index (χ2v) is 6.62. The summed E-state index contributed by atoms with van der Waals surface area (Å²) in [6, 6.07) is 13.5. The number of benzene rings is 2. The van der Waals surface area contributed by atoms with E-state index in [-0.39, 0.29) is 0 Å². The molecule has 0 saturated carbocycles. The van der Waals surface area contributed by atoms with Crippen LogP contribution in [0.15, 0.2) is 46.9 Å². The summed E-state index contributed by atoms with van der Waals surface area (Å²) in [5.41, 5.74) is 0.989. The predicted octanol–water partition coefficient (Wildman–Crippen LogP) is 5.64. The fraction of sp³-hybridized carbons (Fsp3) is 0.294. The average molecular weight is 369 g/mol. The summed E-state index contributed by atoms with van der Waals surface area (Å²) in [7, 11) is 0. The van der Waals surface area contributed by atoms with Crippen molar-refractivity contribution < 1.29 is 4.74 Å². The van der Waals surface area contributed by atoms with Crippen molar-refractivity contribution in [1.82, 2.24) is 5.32 Å². The maximum atomic E-state index is 6.31. The van der Waals surface area contributed by atoms with Crippen LogP contribution in [0.5, 0.6) is 11.5 Å². The van der Waals surface area contributed by atoms with Gasteiger partial charge >= 0.3 is 0 Å². The summed E-state index contributed by atoms with van der Waals surface area (Å²) in [5, 5.41) is 4.13. The Morgan fingerprint density at radius 1 is 1.14 bits per heavy atom. The van der Waals surface area contributed by atoms with Crippen LogP contribution in [0.25, 0.3) is 0 Å². The Labute approximate surface area is 139 Å². The number of hydrogen-bond donors (Lipinski definition) is 1. The first kappa shape index (κ1) is 16.3. The molecule has 2 rings (SSSR count). The zero-order chi connectivity index (χ0) is 15.2. The van der Waals surface area contributed by atoms with Gasteiger partial charge in [-0.1, -0.05) is 47.4 Å². The third kappa shape index (κ3) is 5.03. The molecule has 0 spiro atoms. The van der Waals surface area contributed by atoms with E-state index in [0.29, 0.717) is 12.5 Å². The van der Waals surface area contributed by atoms with Gasteiger partial charge in [0.15, 0.2) is 0 Å². The van der Waals surface area contributed by atoms with Gasteiger partial charge in [-0.3, -0.25) is 0 Å². The zero-order valence-corrected chi connectivity index (χ0v) is 14.5. The largest absolute Gasteiger partial charge is 0.457 e. The highest BCUT2D eigenvalue weighted by Crippen LogP contribution is 2.31. The maximum Gasteiger partial charge on any atom is 0.133 e. The summed E-state index contributed by atoms with van der Waals surface area (Å²) in [4.78, 5) is 0. The molecule has 2 aromatic carbocycles. The van der Waals surface area contributed by atoms with Gasteiger partial charge in [-0.2, -0.15) is 0 Å². The normalized spacial score (nSPS) is 10.9. The van der Waals surface area contributed by atoms with Crippen molar-refractivity contribution in [3.05, 3.63) is 57.5 Å². The molecule has 0 saturated heterocycles. The van der Waals surface area contributed by atoms with E-state index < -0.39 is 0 Å². The predicted molar refractivity (Wildman–Crippen MR) is 92.2 cm³/mol. The van der Waals surface area contributed by atoms with Gasteiger partial charge in [-0.15, -0.1) is 0 Å².